The lowest BCUT2D eigenvalue weighted by atomic mass is 10.1. The van der Waals surface area contributed by atoms with Gasteiger partial charge in [-0.25, -0.2) is 0 Å². The van der Waals surface area contributed by atoms with Gasteiger partial charge < -0.3 is 10.6 Å². The molecule has 0 bridgehead atoms. The van der Waals surface area contributed by atoms with Gasteiger partial charge >= 0.3 is 0 Å². The number of carbonyl (C=O) groups excluding carboxylic acids is 1. The predicted molar refractivity (Wildman–Crippen MR) is 79.0 cm³/mol. The molecule has 2 N–H and O–H groups in total. The first kappa shape index (κ1) is 16.2. The molecule has 0 aliphatic rings. The Morgan fingerprint density at radius 2 is 2.10 bits per heavy atom. The van der Waals surface area contributed by atoms with Crippen LogP contribution in [-0.4, -0.2) is 28.3 Å². The summed E-state index contributed by atoms with van der Waals surface area (Å²) in [5, 5.41) is 10.9. The molecule has 0 spiro atoms. The van der Waals surface area contributed by atoms with Crippen LogP contribution in [0.1, 0.15) is 37.6 Å². The SMILES string of the molecule is CCCN(C(=O)c1cc(Cl)c(N)c([N+](=O)[O-])c1)C(C)C. The lowest BCUT2D eigenvalue weighted by Gasteiger charge is -2.26. The molecule has 1 rings (SSSR count). The first-order valence-electron chi connectivity index (χ1n) is 6.34. The van der Waals surface area contributed by atoms with Crippen LogP contribution in [0.15, 0.2) is 12.1 Å². The van der Waals surface area contributed by atoms with Crippen molar-refractivity contribution in [3.05, 3.63) is 32.8 Å². The number of nitrogen functional groups attached to an aromatic ring is 1. The minimum atomic E-state index is -0.641. The van der Waals surface area contributed by atoms with Gasteiger partial charge in [-0.3, -0.25) is 14.9 Å². The number of nitro benzene ring substituents is 1. The third-order valence-electron chi connectivity index (χ3n) is 2.90. The Bertz CT molecular complexity index is 532. The quantitative estimate of drug-likeness (QED) is 0.514. The van der Waals surface area contributed by atoms with Gasteiger partial charge in [0.15, 0.2) is 0 Å². The van der Waals surface area contributed by atoms with E-state index in [1.54, 1.807) is 4.90 Å². The summed E-state index contributed by atoms with van der Waals surface area (Å²) >= 11 is 5.87. The van der Waals surface area contributed by atoms with E-state index in [1.807, 2.05) is 20.8 Å². The molecule has 6 nitrogen and oxygen atoms in total. The standard InChI is InChI=1S/C13H18ClN3O3/c1-4-5-16(8(2)3)13(18)9-6-10(14)12(15)11(7-9)17(19)20/h6-8H,4-5,15H2,1-3H3. The third kappa shape index (κ3) is 3.39. The molecular weight excluding hydrogens is 282 g/mol. The molecule has 0 unspecified atom stereocenters. The Hall–Kier alpha value is -1.82. The number of rotatable bonds is 5. The number of benzene rings is 1. The second-order valence-corrected chi connectivity index (χ2v) is 5.15. The van der Waals surface area contributed by atoms with Crippen molar-refractivity contribution in [1.82, 2.24) is 4.90 Å². The van der Waals surface area contributed by atoms with Crippen LogP contribution in [0, 0.1) is 10.1 Å². The van der Waals surface area contributed by atoms with E-state index in [2.05, 4.69) is 0 Å². The molecule has 7 heteroatoms. The number of halogens is 1. The highest BCUT2D eigenvalue weighted by Crippen LogP contribution is 2.31. The maximum atomic E-state index is 12.4. The van der Waals surface area contributed by atoms with Crippen molar-refractivity contribution in [3.8, 4) is 0 Å². The highest BCUT2D eigenvalue weighted by molar-refractivity contribution is 6.34. The number of amides is 1. The summed E-state index contributed by atoms with van der Waals surface area (Å²) in [5.74, 6) is -0.285. The number of nitrogens with zero attached hydrogens (tertiary/aromatic N) is 2. The summed E-state index contributed by atoms with van der Waals surface area (Å²) in [6.07, 6.45) is 0.800. The van der Waals surface area contributed by atoms with Crippen molar-refractivity contribution < 1.29 is 9.72 Å². The van der Waals surface area contributed by atoms with E-state index < -0.39 is 4.92 Å². The van der Waals surface area contributed by atoms with E-state index in [0.29, 0.717) is 6.54 Å². The van der Waals surface area contributed by atoms with Gasteiger partial charge in [-0.2, -0.15) is 0 Å². The van der Waals surface area contributed by atoms with Crippen molar-refractivity contribution >= 4 is 28.9 Å². The second kappa shape index (κ2) is 6.56. The number of nitrogens with two attached hydrogens (primary N) is 1. The highest BCUT2D eigenvalue weighted by atomic mass is 35.5. The summed E-state index contributed by atoms with van der Waals surface area (Å²) in [4.78, 5) is 24.3. The molecule has 0 aliphatic heterocycles. The Balaban J connectivity index is 3.25. The van der Waals surface area contributed by atoms with Gasteiger partial charge in [-0.15, -0.1) is 0 Å². The Morgan fingerprint density at radius 1 is 1.50 bits per heavy atom. The van der Waals surface area contributed by atoms with Crippen molar-refractivity contribution in [2.24, 2.45) is 0 Å². The fourth-order valence-corrected chi connectivity index (χ4v) is 2.09. The molecule has 0 atom stereocenters. The molecule has 0 saturated heterocycles. The summed E-state index contributed by atoms with van der Waals surface area (Å²) < 4.78 is 0. The molecule has 0 aromatic heterocycles. The van der Waals surface area contributed by atoms with E-state index in [0.717, 1.165) is 6.42 Å². The van der Waals surface area contributed by atoms with Gasteiger partial charge in [0.25, 0.3) is 11.6 Å². The Kier molecular flexibility index (Phi) is 5.33. The average molecular weight is 300 g/mol. The van der Waals surface area contributed by atoms with Gasteiger partial charge in [0, 0.05) is 24.2 Å². The summed E-state index contributed by atoms with van der Waals surface area (Å²) in [6.45, 7) is 6.31. The number of hydrogen-bond acceptors (Lipinski definition) is 4. The average Bonchev–Trinajstić information content (AvgIpc) is 2.37. The normalized spacial score (nSPS) is 10.7. The largest absolute Gasteiger partial charge is 0.392 e. The van der Waals surface area contributed by atoms with E-state index in [-0.39, 0.29) is 33.9 Å². The van der Waals surface area contributed by atoms with Crippen LogP contribution in [0.4, 0.5) is 11.4 Å². The molecular formula is C13H18ClN3O3. The Labute approximate surface area is 122 Å². The molecule has 1 amide bonds. The molecule has 20 heavy (non-hydrogen) atoms. The lowest BCUT2D eigenvalue weighted by molar-refractivity contribution is -0.383. The maximum Gasteiger partial charge on any atom is 0.294 e. The topological polar surface area (TPSA) is 89.5 Å². The van der Waals surface area contributed by atoms with Gasteiger partial charge in [0.2, 0.25) is 0 Å². The number of anilines is 1. The first-order chi connectivity index (χ1) is 9.29. The van der Waals surface area contributed by atoms with Crippen molar-refractivity contribution in [2.75, 3.05) is 12.3 Å². The van der Waals surface area contributed by atoms with Crippen LogP contribution < -0.4 is 5.73 Å². The number of carbonyl (C=O) groups is 1. The van der Waals surface area contributed by atoms with Crippen molar-refractivity contribution in [1.29, 1.82) is 0 Å². The van der Waals surface area contributed by atoms with Gasteiger partial charge in [-0.05, 0) is 26.3 Å². The maximum absolute atomic E-state index is 12.4. The van der Waals surface area contributed by atoms with Crippen LogP contribution in [-0.2, 0) is 0 Å². The fourth-order valence-electron chi connectivity index (χ4n) is 1.88. The highest BCUT2D eigenvalue weighted by Gasteiger charge is 2.23. The monoisotopic (exact) mass is 299 g/mol. The first-order valence-corrected chi connectivity index (χ1v) is 6.71. The molecule has 110 valence electrons. The molecule has 0 heterocycles. The van der Waals surface area contributed by atoms with E-state index >= 15 is 0 Å². The fraction of sp³-hybridized carbons (Fsp3) is 0.462. The molecule has 0 fully saturated rings. The minimum absolute atomic E-state index is 0.00200. The molecule has 0 saturated carbocycles. The zero-order valence-electron chi connectivity index (χ0n) is 11.7. The summed E-state index contributed by atoms with van der Waals surface area (Å²) in [7, 11) is 0. The van der Waals surface area contributed by atoms with Crippen molar-refractivity contribution in [2.45, 2.75) is 33.2 Å². The van der Waals surface area contributed by atoms with Crippen LogP contribution in [0.5, 0.6) is 0 Å². The second-order valence-electron chi connectivity index (χ2n) is 4.74. The van der Waals surface area contributed by atoms with Crippen molar-refractivity contribution in [3.63, 3.8) is 0 Å². The predicted octanol–water partition coefficient (Wildman–Crippen LogP) is 3.09. The smallest absolute Gasteiger partial charge is 0.294 e. The van der Waals surface area contributed by atoms with Gasteiger partial charge in [0.1, 0.15) is 5.69 Å². The zero-order chi connectivity index (χ0) is 15.4. The zero-order valence-corrected chi connectivity index (χ0v) is 12.5. The lowest BCUT2D eigenvalue weighted by Crippen LogP contribution is -2.37. The molecule has 0 radical (unpaired) electrons. The van der Waals surface area contributed by atoms with Gasteiger partial charge in [0.05, 0.1) is 9.95 Å². The summed E-state index contributed by atoms with van der Waals surface area (Å²) in [6, 6.07) is 2.55. The number of hydrogen-bond donors (Lipinski definition) is 1. The number of nitro groups is 1. The van der Waals surface area contributed by atoms with Gasteiger partial charge in [-0.1, -0.05) is 18.5 Å². The van der Waals surface area contributed by atoms with E-state index in [1.165, 1.54) is 12.1 Å². The van der Waals surface area contributed by atoms with Crippen LogP contribution >= 0.6 is 11.6 Å². The minimum Gasteiger partial charge on any atom is -0.392 e. The van der Waals surface area contributed by atoms with E-state index in [9.17, 15) is 14.9 Å². The molecule has 0 aliphatic carbocycles. The van der Waals surface area contributed by atoms with E-state index in [4.69, 9.17) is 17.3 Å². The summed E-state index contributed by atoms with van der Waals surface area (Å²) in [5.41, 5.74) is 5.26. The van der Waals surface area contributed by atoms with Crippen LogP contribution in [0.3, 0.4) is 0 Å². The van der Waals surface area contributed by atoms with Crippen LogP contribution in [0.2, 0.25) is 5.02 Å². The Morgan fingerprint density at radius 3 is 2.55 bits per heavy atom. The third-order valence-corrected chi connectivity index (χ3v) is 3.21. The molecule has 1 aromatic carbocycles. The van der Waals surface area contributed by atoms with Crippen LogP contribution in [0.25, 0.3) is 0 Å². The molecule has 1 aromatic rings.